The van der Waals surface area contributed by atoms with Gasteiger partial charge in [-0.25, -0.2) is 14.0 Å². The highest BCUT2D eigenvalue weighted by atomic mass is 19.1. The highest BCUT2D eigenvalue weighted by molar-refractivity contribution is 6.01. The van der Waals surface area contributed by atoms with Crippen molar-refractivity contribution < 1.29 is 18.7 Å². The number of hydrogen-bond donors (Lipinski definition) is 1. The second-order valence-corrected chi connectivity index (χ2v) is 8.53. The molecule has 5 rings (SSSR count). The molecule has 2 unspecified atom stereocenters. The van der Waals surface area contributed by atoms with Gasteiger partial charge >= 0.3 is 12.0 Å². The van der Waals surface area contributed by atoms with E-state index in [1.165, 1.54) is 13.2 Å². The lowest BCUT2D eigenvalue weighted by Gasteiger charge is -2.37. The van der Waals surface area contributed by atoms with E-state index in [2.05, 4.69) is 5.32 Å². The fourth-order valence-electron chi connectivity index (χ4n) is 4.89. The number of nitrogens with one attached hydrogen (secondary N) is 1. The molecule has 6 heteroatoms. The Morgan fingerprint density at radius 3 is 2.48 bits per heavy atom. The number of esters is 1. The number of fused-ring (bicyclic) bond motifs is 2. The minimum atomic E-state index is -0.447. The van der Waals surface area contributed by atoms with E-state index >= 15 is 4.39 Å². The van der Waals surface area contributed by atoms with Crippen LogP contribution in [0.25, 0.3) is 16.7 Å². The normalized spacial score (nSPS) is 22.5. The SMILES string of the molecule is COC(=O)C1=C(c2ccc(-c3ccccc3)c(F)c2)CC2CCC1N2C(=O)NC1CC1. The van der Waals surface area contributed by atoms with Crippen LogP contribution in [-0.4, -0.2) is 42.1 Å². The molecule has 2 aromatic rings. The van der Waals surface area contributed by atoms with E-state index in [1.54, 1.807) is 6.07 Å². The maximum Gasteiger partial charge on any atom is 0.336 e. The van der Waals surface area contributed by atoms with Gasteiger partial charge in [0, 0.05) is 17.6 Å². The quantitative estimate of drug-likeness (QED) is 0.740. The summed E-state index contributed by atoms with van der Waals surface area (Å²) < 4.78 is 20.1. The van der Waals surface area contributed by atoms with Crippen molar-refractivity contribution in [3.05, 3.63) is 65.5 Å². The molecule has 2 aromatic carbocycles. The lowest BCUT2D eigenvalue weighted by atomic mass is 9.87. The number of halogens is 1. The van der Waals surface area contributed by atoms with Crippen LogP contribution in [0.5, 0.6) is 0 Å². The van der Waals surface area contributed by atoms with Crippen molar-refractivity contribution in [2.24, 2.45) is 0 Å². The van der Waals surface area contributed by atoms with Crippen LogP contribution in [0.4, 0.5) is 9.18 Å². The van der Waals surface area contributed by atoms with Crippen molar-refractivity contribution in [1.29, 1.82) is 0 Å². The summed E-state index contributed by atoms with van der Waals surface area (Å²) in [4.78, 5) is 27.4. The van der Waals surface area contributed by atoms with Gasteiger partial charge in [0.2, 0.25) is 0 Å². The van der Waals surface area contributed by atoms with E-state index in [-0.39, 0.29) is 30.0 Å². The average molecular weight is 420 g/mol. The smallest absolute Gasteiger partial charge is 0.336 e. The molecule has 0 spiro atoms. The number of rotatable bonds is 4. The number of hydrogen-bond acceptors (Lipinski definition) is 3. The van der Waals surface area contributed by atoms with Gasteiger partial charge in [0.25, 0.3) is 0 Å². The second kappa shape index (κ2) is 7.84. The van der Waals surface area contributed by atoms with Crippen LogP contribution in [0.1, 0.15) is 37.7 Å². The molecule has 1 saturated heterocycles. The summed E-state index contributed by atoms with van der Waals surface area (Å²) in [5, 5.41) is 3.04. The largest absolute Gasteiger partial charge is 0.466 e. The van der Waals surface area contributed by atoms with E-state index in [9.17, 15) is 9.59 Å². The molecule has 2 fully saturated rings. The Labute approximate surface area is 180 Å². The third-order valence-electron chi connectivity index (χ3n) is 6.55. The predicted octanol–water partition coefficient (Wildman–Crippen LogP) is 4.53. The number of urea groups is 1. The molecular weight excluding hydrogens is 395 g/mol. The van der Waals surface area contributed by atoms with Gasteiger partial charge in [-0.1, -0.05) is 42.5 Å². The van der Waals surface area contributed by atoms with E-state index < -0.39 is 5.97 Å². The predicted molar refractivity (Wildman–Crippen MR) is 116 cm³/mol. The molecule has 2 bridgehead atoms. The van der Waals surface area contributed by atoms with Gasteiger partial charge in [-0.05, 0) is 54.9 Å². The summed E-state index contributed by atoms with van der Waals surface area (Å²) in [6, 6.07) is 14.3. The Bertz CT molecular complexity index is 1060. The van der Waals surface area contributed by atoms with Gasteiger partial charge in [0.1, 0.15) is 5.82 Å². The Morgan fingerprint density at radius 2 is 1.81 bits per heavy atom. The van der Waals surface area contributed by atoms with Gasteiger partial charge in [-0.3, -0.25) is 0 Å². The molecule has 1 N–H and O–H groups in total. The minimum Gasteiger partial charge on any atom is -0.466 e. The summed E-state index contributed by atoms with van der Waals surface area (Å²) in [7, 11) is 1.35. The third kappa shape index (κ3) is 3.60. The first-order chi connectivity index (χ1) is 15.1. The zero-order valence-electron chi connectivity index (χ0n) is 17.4. The van der Waals surface area contributed by atoms with Crippen LogP contribution < -0.4 is 5.32 Å². The van der Waals surface area contributed by atoms with Crippen molar-refractivity contribution in [2.45, 2.75) is 50.2 Å². The number of carbonyl (C=O) groups excluding carboxylic acids is 2. The number of nitrogens with zero attached hydrogens (tertiary/aromatic N) is 1. The van der Waals surface area contributed by atoms with Crippen molar-refractivity contribution in [3.63, 3.8) is 0 Å². The maximum atomic E-state index is 15.1. The summed E-state index contributed by atoms with van der Waals surface area (Å²) in [6.07, 6.45) is 4.06. The van der Waals surface area contributed by atoms with Gasteiger partial charge in [0.15, 0.2) is 0 Å². The maximum absolute atomic E-state index is 15.1. The number of ether oxygens (including phenoxy) is 1. The zero-order chi connectivity index (χ0) is 21.5. The Morgan fingerprint density at radius 1 is 1.03 bits per heavy atom. The first-order valence-corrected chi connectivity index (χ1v) is 10.8. The Kier molecular flexibility index (Phi) is 5.00. The molecule has 160 valence electrons. The van der Waals surface area contributed by atoms with Gasteiger partial charge in [-0.2, -0.15) is 0 Å². The fraction of sp³-hybridized carbons (Fsp3) is 0.360. The van der Waals surface area contributed by atoms with E-state index in [0.29, 0.717) is 29.5 Å². The van der Waals surface area contributed by atoms with Crippen molar-refractivity contribution in [3.8, 4) is 11.1 Å². The number of carbonyl (C=O) groups is 2. The Hall–Kier alpha value is -3.15. The number of amides is 2. The zero-order valence-corrected chi connectivity index (χ0v) is 17.4. The van der Waals surface area contributed by atoms with Crippen molar-refractivity contribution in [1.82, 2.24) is 10.2 Å². The van der Waals surface area contributed by atoms with Gasteiger partial charge in [-0.15, -0.1) is 0 Å². The minimum absolute atomic E-state index is 0.00372. The number of methoxy groups -OCH3 is 1. The summed E-state index contributed by atoms with van der Waals surface area (Å²) >= 11 is 0. The molecule has 2 heterocycles. The van der Waals surface area contributed by atoms with Crippen LogP contribution in [0.2, 0.25) is 0 Å². The second-order valence-electron chi connectivity index (χ2n) is 8.53. The lowest BCUT2D eigenvalue weighted by molar-refractivity contribution is -0.136. The molecule has 1 saturated carbocycles. The van der Waals surface area contributed by atoms with Crippen LogP contribution in [0.15, 0.2) is 54.1 Å². The molecule has 2 amide bonds. The molecule has 0 aromatic heterocycles. The molecule has 5 nitrogen and oxygen atoms in total. The van der Waals surface area contributed by atoms with E-state index in [0.717, 1.165) is 30.4 Å². The summed E-state index contributed by atoms with van der Waals surface area (Å²) in [6.45, 7) is 0. The first kappa shape index (κ1) is 19.8. The number of benzene rings is 2. The molecule has 0 radical (unpaired) electrons. The lowest BCUT2D eigenvalue weighted by Crippen LogP contribution is -2.51. The van der Waals surface area contributed by atoms with Crippen LogP contribution in [0.3, 0.4) is 0 Å². The van der Waals surface area contributed by atoms with E-state index in [1.807, 2.05) is 41.3 Å². The molecule has 3 aliphatic rings. The molecule has 31 heavy (non-hydrogen) atoms. The summed E-state index contributed by atoms with van der Waals surface area (Å²) in [5.74, 6) is -0.779. The van der Waals surface area contributed by atoms with Gasteiger partial charge < -0.3 is 15.0 Å². The topological polar surface area (TPSA) is 58.6 Å². The molecular formula is C25H25FN2O3. The van der Waals surface area contributed by atoms with Crippen molar-refractivity contribution in [2.75, 3.05) is 7.11 Å². The highest BCUT2D eigenvalue weighted by Gasteiger charge is 2.47. The Balaban J connectivity index is 1.53. The first-order valence-electron chi connectivity index (χ1n) is 10.8. The van der Waals surface area contributed by atoms with E-state index in [4.69, 9.17) is 4.74 Å². The molecule has 2 atom stereocenters. The van der Waals surface area contributed by atoms with Crippen LogP contribution >= 0.6 is 0 Å². The van der Waals surface area contributed by atoms with Crippen LogP contribution in [0, 0.1) is 5.82 Å². The monoisotopic (exact) mass is 420 g/mol. The standard InChI is InChI=1S/C25H25FN2O3/c1-31-24(29)23-20(14-18-10-12-22(23)28(18)25(30)27-17-8-9-17)16-7-11-19(21(26)13-16)15-5-3-2-4-6-15/h2-7,11,13,17-18,22H,8-10,12,14H2,1H3,(H,27,30). The van der Waals surface area contributed by atoms with Crippen LogP contribution in [-0.2, 0) is 9.53 Å². The van der Waals surface area contributed by atoms with Gasteiger partial charge in [0.05, 0.1) is 18.7 Å². The van der Waals surface area contributed by atoms with Crippen molar-refractivity contribution >= 4 is 17.6 Å². The summed E-state index contributed by atoms with van der Waals surface area (Å²) in [5.41, 5.74) is 3.27. The molecule has 2 aliphatic heterocycles. The highest BCUT2D eigenvalue weighted by Crippen LogP contribution is 2.44. The third-order valence-corrected chi connectivity index (χ3v) is 6.55. The fourth-order valence-corrected chi connectivity index (χ4v) is 4.89. The average Bonchev–Trinajstić information content (AvgIpc) is 3.55. The molecule has 1 aliphatic carbocycles.